The molecule has 1 N–H and O–H groups in total. The highest BCUT2D eigenvalue weighted by Crippen LogP contribution is 1.97. The van der Waals surface area contributed by atoms with Gasteiger partial charge in [-0.05, 0) is 13.5 Å². The minimum atomic E-state index is 1.00. The molecule has 3 nitrogen and oxygen atoms in total. The maximum atomic E-state index is 4.30. The van der Waals surface area contributed by atoms with Crippen molar-refractivity contribution in [2.75, 3.05) is 13.6 Å². The van der Waals surface area contributed by atoms with Gasteiger partial charge in [0.25, 0.3) is 0 Å². The van der Waals surface area contributed by atoms with E-state index in [1.54, 1.807) is 0 Å². The number of aromatic nitrogens is 2. The number of hydrogen-bond donors (Lipinski definition) is 1. The lowest BCUT2D eigenvalue weighted by Crippen LogP contribution is -2.10. The molecule has 0 aliphatic rings. The Morgan fingerprint density at radius 2 is 2.42 bits per heavy atom. The van der Waals surface area contributed by atoms with E-state index in [9.17, 15) is 0 Å². The van der Waals surface area contributed by atoms with Crippen molar-refractivity contribution in [3.8, 4) is 0 Å². The molecule has 0 radical (unpaired) electrons. The summed E-state index contributed by atoms with van der Waals surface area (Å²) in [5.41, 5.74) is 1.18. The fraction of sp³-hybridized carbons (Fsp3) is 0.667. The molecule has 3 heteroatoms. The molecule has 0 aliphatic carbocycles. The summed E-state index contributed by atoms with van der Waals surface area (Å²) in [6.45, 7) is 4.25. The van der Waals surface area contributed by atoms with Crippen molar-refractivity contribution in [1.82, 2.24) is 14.9 Å². The summed E-state index contributed by atoms with van der Waals surface area (Å²) < 4.78 is 2.14. The Labute approximate surface area is 73.8 Å². The number of nitrogens with zero attached hydrogens (tertiary/aromatic N) is 2. The summed E-state index contributed by atoms with van der Waals surface area (Å²) in [5.74, 6) is 0. The van der Waals surface area contributed by atoms with Crippen LogP contribution in [0.5, 0.6) is 0 Å². The normalized spacial score (nSPS) is 10.5. The van der Waals surface area contributed by atoms with Crippen LogP contribution in [-0.4, -0.2) is 23.1 Å². The monoisotopic (exact) mass is 167 g/mol. The smallest absolute Gasteiger partial charge is 0.0949 e. The van der Waals surface area contributed by atoms with Gasteiger partial charge in [-0.3, -0.25) is 0 Å². The van der Waals surface area contributed by atoms with E-state index in [2.05, 4.69) is 28.0 Å². The second kappa shape index (κ2) is 4.93. The number of imidazole rings is 1. The molecule has 0 fully saturated rings. The standard InChI is InChI=1S/C9H17N3/c1-3-6-12-7-9(11-8-12)4-5-10-2/h7-8,10H,3-6H2,1-2H3. The van der Waals surface area contributed by atoms with E-state index in [4.69, 9.17) is 0 Å². The molecular weight excluding hydrogens is 150 g/mol. The Hall–Kier alpha value is -0.830. The summed E-state index contributed by atoms with van der Waals surface area (Å²) >= 11 is 0. The highest BCUT2D eigenvalue weighted by Gasteiger charge is 1.96. The third-order valence-corrected chi connectivity index (χ3v) is 1.80. The molecule has 0 unspecified atom stereocenters. The fourth-order valence-corrected chi connectivity index (χ4v) is 1.17. The van der Waals surface area contributed by atoms with Crippen LogP contribution in [0.4, 0.5) is 0 Å². The topological polar surface area (TPSA) is 29.9 Å². The minimum absolute atomic E-state index is 1.00. The summed E-state index contributed by atoms with van der Waals surface area (Å²) in [4.78, 5) is 4.30. The van der Waals surface area contributed by atoms with E-state index < -0.39 is 0 Å². The van der Waals surface area contributed by atoms with Crippen LogP contribution in [0.3, 0.4) is 0 Å². The molecule has 1 aromatic rings. The molecule has 1 aromatic heterocycles. The molecule has 0 spiro atoms. The summed E-state index contributed by atoms with van der Waals surface area (Å²) in [5, 5.41) is 3.11. The van der Waals surface area contributed by atoms with Crippen LogP contribution in [0, 0.1) is 0 Å². The Kier molecular flexibility index (Phi) is 3.80. The van der Waals surface area contributed by atoms with E-state index in [1.807, 2.05) is 13.4 Å². The molecule has 68 valence electrons. The number of rotatable bonds is 5. The van der Waals surface area contributed by atoms with Gasteiger partial charge in [0.1, 0.15) is 0 Å². The van der Waals surface area contributed by atoms with E-state index in [0.29, 0.717) is 0 Å². The number of hydrogen-bond acceptors (Lipinski definition) is 2. The fourth-order valence-electron chi connectivity index (χ4n) is 1.17. The Morgan fingerprint density at radius 1 is 1.58 bits per heavy atom. The van der Waals surface area contributed by atoms with Gasteiger partial charge >= 0.3 is 0 Å². The number of likely N-dealkylation sites (N-methyl/N-ethyl adjacent to an activating group) is 1. The number of nitrogens with one attached hydrogen (secondary N) is 1. The first-order valence-electron chi connectivity index (χ1n) is 4.52. The van der Waals surface area contributed by atoms with Gasteiger partial charge in [0, 0.05) is 25.7 Å². The van der Waals surface area contributed by atoms with Crippen molar-refractivity contribution in [2.45, 2.75) is 26.3 Å². The first-order valence-corrected chi connectivity index (χ1v) is 4.52. The SMILES string of the molecule is CCCn1cnc(CCNC)c1. The average Bonchev–Trinajstić information content (AvgIpc) is 2.50. The Balaban J connectivity index is 2.41. The lowest BCUT2D eigenvalue weighted by molar-refractivity contribution is 0.677. The van der Waals surface area contributed by atoms with E-state index in [1.165, 1.54) is 12.1 Å². The second-order valence-electron chi connectivity index (χ2n) is 2.96. The largest absolute Gasteiger partial charge is 0.337 e. The van der Waals surface area contributed by atoms with Gasteiger partial charge in [-0.25, -0.2) is 4.98 Å². The van der Waals surface area contributed by atoms with Gasteiger partial charge in [0.05, 0.1) is 12.0 Å². The van der Waals surface area contributed by atoms with Gasteiger partial charge in [0.15, 0.2) is 0 Å². The zero-order chi connectivity index (χ0) is 8.81. The predicted octanol–water partition coefficient (Wildman–Crippen LogP) is 1.05. The molecule has 0 aromatic carbocycles. The van der Waals surface area contributed by atoms with Crippen LogP contribution in [-0.2, 0) is 13.0 Å². The van der Waals surface area contributed by atoms with Crippen LogP contribution in [0.15, 0.2) is 12.5 Å². The zero-order valence-corrected chi connectivity index (χ0v) is 7.88. The van der Waals surface area contributed by atoms with E-state index >= 15 is 0 Å². The van der Waals surface area contributed by atoms with Crippen LogP contribution in [0.2, 0.25) is 0 Å². The van der Waals surface area contributed by atoms with Crippen LogP contribution >= 0.6 is 0 Å². The number of aryl methyl sites for hydroxylation is 1. The van der Waals surface area contributed by atoms with Gasteiger partial charge in [-0.15, -0.1) is 0 Å². The summed E-state index contributed by atoms with van der Waals surface area (Å²) in [6.07, 6.45) is 6.23. The van der Waals surface area contributed by atoms with Crippen molar-refractivity contribution in [3.05, 3.63) is 18.2 Å². The lowest BCUT2D eigenvalue weighted by atomic mass is 10.3. The second-order valence-corrected chi connectivity index (χ2v) is 2.96. The highest BCUT2D eigenvalue weighted by atomic mass is 15.0. The zero-order valence-electron chi connectivity index (χ0n) is 7.88. The first-order chi connectivity index (χ1) is 5.86. The third-order valence-electron chi connectivity index (χ3n) is 1.80. The molecule has 1 rings (SSSR count). The van der Waals surface area contributed by atoms with Gasteiger partial charge < -0.3 is 9.88 Å². The molecule has 12 heavy (non-hydrogen) atoms. The average molecular weight is 167 g/mol. The van der Waals surface area contributed by atoms with Crippen molar-refractivity contribution < 1.29 is 0 Å². The van der Waals surface area contributed by atoms with Crippen molar-refractivity contribution in [1.29, 1.82) is 0 Å². The quantitative estimate of drug-likeness (QED) is 0.710. The van der Waals surface area contributed by atoms with E-state index in [0.717, 1.165) is 19.5 Å². The molecule has 0 amide bonds. The van der Waals surface area contributed by atoms with E-state index in [-0.39, 0.29) is 0 Å². The van der Waals surface area contributed by atoms with Gasteiger partial charge in [0.2, 0.25) is 0 Å². The summed E-state index contributed by atoms with van der Waals surface area (Å²) in [6, 6.07) is 0. The molecule has 0 atom stereocenters. The Morgan fingerprint density at radius 3 is 3.08 bits per heavy atom. The van der Waals surface area contributed by atoms with Crippen molar-refractivity contribution in [2.24, 2.45) is 0 Å². The maximum absolute atomic E-state index is 4.30. The predicted molar refractivity (Wildman–Crippen MR) is 50.1 cm³/mol. The molecule has 0 saturated carbocycles. The third kappa shape index (κ3) is 2.66. The van der Waals surface area contributed by atoms with Crippen LogP contribution < -0.4 is 5.32 Å². The summed E-state index contributed by atoms with van der Waals surface area (Å²) in [7, 11) is 1.96. The minimum Gasteiger partial charge on any atom is -0.337 e. The van der Waals surface area contributed by atoms with Crippen LogP contribution in [0.1, 0.15) is 19.0 Å². The van der Waals surface area contributed by atoms with Crippen molar-refractivity contribution >= 4 is 0 Å². The van der Waals surface area contributed by atoms with Crippen molar-refractivity contribution in [3.63, 3.8) is 0 Å². The maximum Gasteiger partial charge on any atom is 0.0949 e. The van der Waals surface area contributed by atoms with Crippen LogP contribution in [0.25, 0.3) is 0 Å². The molecular formula is C9H17N3. The molecule has 0 saturated heterocycles. The molecule has 0 bridgehead atoms. The van der Waals surface area contributed by atoms with Gasteiger partial charge in [-0.1, -0.05) is 6.92 Å². The first kappa shape index (κ1) is 9.26. The van der Waals surface area contributed by atoms with Gasteiger partial charge in [-0.2, -0.15) is 0 Å². The lowest BCUT2D eigenvalue weighted by Gasteiger charge is -1.96. The molecule has 0 aliphatic heterocycles. The Bertz CT molecular complexity index is 217. The molecule has 1 heterocycles. The highest BCUT2D eigenvalue weighted by molar-refractivity contribution is 4.97.